The smallest absolute Gasteiger partial charge is 0.337 e. The second kappa shape index (κ2) is 7.91. The highest BCUT2D eigenvalue weighted by atomic mass is 79.9. The van der Waals surface area contributed by atoms with E-state index in [4.69, 9.17) is 16.3 Å². The lowest BCUT2D eigenvalue weighted by Gasteiger charge is -2.20. The molecule has 0 unspecified atom stereocenters. The molecule has 3 aromatic rings. The Labute approximate surface area is 175 Å². The Morgan fingerprint density at radius 1 is 1.25 bits per heavy atom. The van der Waals surface area contributed by atoms with E-state index in [2.05, 4.69) is 26.2 Å². The number of ether oxygens (including phenoxy) is 1. The van der Waals surface area contributed by atoms with Crippen LogP contribution >= 0.6 is 27.5 Å². The molecule has 4 rings (SSSR count). The maximum Gasteiger partial charge on any atom is 0.337 e. The van der Waals surface area contributed by atoms with Gasteiger partial charge in [-0.15, -0.1) is 0 Å². The number of pyridine rings is 1. The molecule has 2 aromatic carbocycles. The Balaban J connectivity index is 1.92. The first-order valence-corrected chi connectivity index (χ1v) is 9.85. The molecule has 2 N–H and O–H groups in total. The number of anilines is 2. The number of carboxylic acid groups (broad SMARTS) is 1. The van der Waals surface area contributed by atoms with Crippen molar-refractivity contribution < 1.29 is 14.6 Å². The highest BCUT2D eigenvalue weighted by Crippen LogP contribution is 2.37. The van der Waals surface area contributed by atoms with Crippen molar-refractivity contribution >= 4 is 61.4 Å². The highest BCUT2D eigenvalue weighted by Gasteiger charge is 2.18. The summed E-state index contributed by atoms with van der Waals surface area (Å²) in [6.45, 7) is 1.19. The summed E-state index contributed by atoms with van der Waals surface area (Å²) in [5.74, 6) is -1.05. The minimum absolute atomic E-state index is 0.111. The van der Waals surface area contributed by atoms with Gasteiger partial charge in [-0.25, -0.2) is 4.79 Å². The molecule has 0 amide bonds. The van der Waals surface area contributed by atoms with Crippen molar-refractivity contribution in [2.45, 2.75) is 6.42 Å². The fraction of sp³-hybridized carbons (Fsp3) is 0.143. The number of halogens is 2. The van der Waals surface area contributed by atoms with E-state index >= 15 is 0 Å². The first-order valence-electron chi connectivity index (χ1n) is 8.68. The van der Waals surface area contributed by atoms with E-state index in [0.29, 0.717) is 23.9 Å². The molecule has 0 spiro atoms. The molecule has 5 nitrogen and oxygen atoms in total. The number of nitrogens with zero attached hydrogens (tertiary/aromatic N) is 1. The number of benzene rings is 2. The Morgan fingerprint density at radius 2 is 2.11 bits per heavy atom. The van der Waals surface area contributed by atoms with Crippen LogP contribution in [0.2, 0.25) is 5.02 Å². The van der Waals surface area contributed by atoms with E-state index in [0.717, 1.165) is 38.6 Å². The molecule has 142 valence electrons. The fourth-order valence-corrected chi connectivity index (χ4v) is 3.78. The molecule has 1 aromatic heterocycles. The third-order valence-electron chi connectivity index (χ3n) is 4.61. The molecule has 0 saturated carbocycles. The van der Waals surface area contributed by atoms with Crippen molar-refractivity contribution in [3.05, 3.63) is 69.3 Å². The van der Waals surface area contributed by atoms with Gasteiger partial charge in [-0.2, -0.15) is 0 Å². The molecule has 28 heavy (non-hydrogen) atoms. The van der Waals surface area contributed by atoms with Crippen LogP contribution in [0.1, 0.15) is 22.3 Å². The number of carbonyl (C=O) groups is 1. The molecule has 2 heterocycles. The molecule has 0 aliphatic carbocycles. The minimum Gasteiger partial charge on any atom is -0.478 e. The summed E-state index contributed by atoms with van der Waals surface area (Å²) >= 11 is 9.52. The summed E-state index contributed by atoms with van der Waals surface area (Å²) in [4.78, 5) is 16.3. The van der Waals surface area contributed by atoms with Gasteiger partial charge in [0.25, 0.3) is 0 Å². The average molecular weight is 460 g/mol. The van der Waals surface area contributed by atoms with E-state index in [1.165, 1.54) is 6.07 Å². The maximum absolute atomic E-state index is 11.7. The van der Waals surface area contributed by atoms with Crippen LogP contribution in [0.25, 0.3) is 16.5 Å². The van der Waals surface area contributed by atoms with Crippen LogP contribution in [0.5, 0.6) is 0 Å². The number of carboxylic acids is 1. The second-order valence-corrected chi connectivity index (χ2v) is 7.73. The first-order chi connectivity index (χ1) is 13.5. The fourth-order valence-electron chi connectivity index (χ4n) is 3.25. The van der Waals surface area contributed by atoms with Crippen LogP contribution in [0.4, 0.5) is 11.4 Å². The number of hydrogen-bond acceptors (Lipinski definition) is 4. The van der Waals surface area contributed by atoms with Crippen LogP contribution in [-0.4, -0.2) is 29.3 Å². The number of aromatic nitrogens is 1. The number of fused-ring (bicyclic) bond motifs is 1. The quantitative estimate of drug-likeness (QED) is 0.508. The summed E-state index contributed by atoms with van der Waals surface area (Å²) in [5, 5.41) is 14.2. The summed E-state index contributed by atoms with van der Waals surface area (Å²) in [6.07, 6.45) is 4.63. The first kappa shape index (κ1) is 18.9. The predicted molar refractivity (Wildman–Crippen MR) is 115 cm³/mol. The average Bonchev–Trinajstić information content (AvgIpc) is 2.70. The molecule has 0 atom stereocenters. The topological polar surface area (TPSA) is 71.5 Å². The van der Waals surface area contributed by atoms with Crippen LogP contribution in [0.15, 0.2) is 53.1 Å². The van der Waals surface area contributed by atoms with Crippen LogP contribution < -0.4 is 5.32 Å². The zero-order valence-electron chi connectivity index (χ0n) is 14.7. The van der Waals surface area contributed by atoms with Crippen molar-refractivity contribution in [2.75, 3.05) is 18.5 Å². The SMILES string of the molecule is O=C(O)c1cc(Cl)ccc1Nc1c(C2=CCOCC2)cnc2ccc(Br)cc12. The summed E-state index contributed by atoms with van der Waals surface area (Å²) < 4.78 is 6.35. The molecular weight excluding hydrogens is 444 g/mol. The third-order valence-corrected chi connectivity index (χ3v) is 5.34. The van der Waals surface area contributed by atoms with E-state index in [-0.39, 0.29) is 5.56 Å². The molecule has 1 aliphatic heterocycles. The molecule has 7 heteroatoms. The van der Waals surface area contributed by atoms with Crippen molar-refractivity contribution in [2.24, 2.45) is 0 Å². The lowest BCUT2D eigenvalue weighted by Crippen LogP contribution is -2.08. The number of rotatable bonds is 4. The van der Waals surface area contributed by atoms with Gasteiger partial charge in [0.1, 0.15) is 0 Å². The summed E-state index contributed by atoms with van der Waals surface area (Å²) in [7, 11) is 0. The van der Waals surface area contributed by atoms with Crippen LogP contribution in [0.3, 0.4) is 0 Å². The van der Waals surface area contributed by atoms with Gasteiger partial charge in [0.2, 0.25) is 0 Å². The molecule has 0 radical (unpaired) electrons. The summed E-state index contributed by atoms with van der Waals surface area (Å²) in [5.41, 5.74) is 4.25. The third kappa shape index (κ3) is 3.76. The Kier molecular flexibility index (Phi) is 5.35. The molecule has 0 fully saturated rings. The number of aromatic carboxylic acids is 1. The maximum atomic E-state index is 11.7. The zero-order valence-corrected chi connectivity index (χ0v) is 17.0. The highest BCUT2D eigenvalue weighted by molar-refractivity contribution is 9.10. The number of hydrogen-bond donors (Lipinski definition) is 2. The van der Waals surface area contributed by atoms with Crippen molar-refractivity contribution in [1.29, 1.82) is 0 Å². The lowest BCUT2D eigenvalue weighted by molar-refractivity contribution is 0.0698. The molecule has 0 bridgehead atoms. The number of nitrogens with one attached hydrogen (secondary N) is 1. The van der Waals surface area contributed by atoms with Gasteiger partial charge in [-0.05, 0) is 48.4 Å². The Hall–Kier alpha value is -2.41. The van der Waals surface area contributed by atoms with Gasteiger partial charge >= 0.3 is 5.97 Å². The molecule has 1 aliphatic rings. The van der Waals surface area contributed by atoms with Gasteiger partial charge in [0.15, 0.2) is 0 Å². The van der Waals surface area contributed by atoms with E-state index in [1.807, 2.05) is 30.5 Å². The van der Waals surface area contributed by atoms with Crippen molar-refractivity contribution in [1.82, 2.24) is 4.98 Å². The standard InChI is InChI=1S/C21H16BrClN2O3/c22-13-1-3-18-15(9-13)20(17(11-24-18)12-5-7-28-8-6-12)25-19-4-2-14(23)10-16(19)21(26)27/h1-5,9-11H,6-8H2,(H,24,25)(H,26,27). The van der Waals surface area contributed by atoms with Gasteiger partial charge in [0, 0.05) is 26.6 Å². The van der Waals surface area contributed by atoms with Crippen molar-refractivity contribution in [3.8, 4) is 0 Å². The van der Waals surface area contributed by atoms with Gasteiger partial charge in [-0.3, -0.25) is 4.98 Å². The molecule has 0 saturated heterocycles. The zero-order chi connectivity index (χ0) is 19.7. The normalized spacial score (nSPS) is 14.0. The van der Waals surface area contributed by atoms with Gasteiger partial charge < -0.3 is 15.2 Å². The van der Waals surface area contributed by atoms with Gasteiger partial charge in [-0.1, -0.05) is 33.6 Å². The molecular formula is C21H16BrClN2O3. The largest absolute Gasteiger partial charge is 0.478 e. The summed E-state index contributed by atoms with van der Waals surface area (Å²) in [6, 6.07) is 10.6. The van der Waals surface area contributed by atoms with E-state index in [1.54, 1.807) is 12.1 Å². The lowest BCUT2D eigenvalue weighted by atomic mass is 9.98. The van der Waals surface area contributed by atoms with Crippen LogP contribution in [0, 0.1) is 0 Å². The van der Waals surface area contributed by atoms with Crippen LogP contribution in [-0.2, 0) is 4.74 Å². The monoisotopic (exact) mass is 458 g/mol. The van der Waals surface area contributed by atoms with Gasteiger partial charge in [0.05, 0.1) is 35.7 Å². The van der Waals surface area contributed by atoms with E-state index in [9.17, 15) is 9.90 Å². The van der Waals surface area contributed by atoms with Crippen molar-refractivity contribution in [3.63, 3.8) is 0 Å². The minimum atomic E-state index is -1.05. The Morgan fingerprint density at radius 3 is 2.86 bits per heavy atom. The Bertz CT molecular complexity index is 1110. The predicted octanol–water partition coefficient (Wildman–Crippen LogP) is 5.90. The van der Waals surface area contributed by atoms with E-state index < -0.39 is 5.97 Å². The second-order valence-electron chi connectivity index (χ2n) is 6.38.